The largest absolute Gasteiger partial charge is 0.490 e. The molecule has 0 radical (unpaired) electrons. The first-order valence-corrected chi connectivity index (χ1v) is 14.0. The Morgan fingerprint density at radius 2 is 1.71 bits per heavy atom. The number of carbonyl (C=O) groups is 1. The molecule has 1 aliphatic carbocycles. The molecule has 2 aliphatic rings. The van der Waals surface area contributed by atoms with Crippen LogP contribution in [0.3, 0.4) is 0 Å². The van der Waals surface area contributed by atoms with Gasteiger partial charge in [-0.05, 0) is 38.1 Å². The number of para-hydroxylation sites is 2. The number of benzene rings is 1. The number of rotatable bonds is 10. The average Bonchev–Trinajstić information content (AvgIpc) is 2.87. The molecule has 10 heteroatoms. The highest BCUT2D eigenvalue weighted by Gasteiger charge is 2.35. The minimum atomic E-state index is -3.51. The first-order valence-electron chi connectivity index (χ1n) is 12.6. The molecule has 1 saturated carbocycles. The van der Waals surface area contributed by atoms with E-state index in [1.54, 1.807) is 16.3 Å². The number of piperazine rings is 1. The van der Waals surface area contributed by atoms with Crippen LogP contribution in [-0.2, 0) is 10.2 Å². The molecule has 0 spiro atoms. The summed E-state index contributed by atoms with van der Waals surface area (Å²) in [5, 5.41) is 2.94. The fourth-order valence-electron chi connectivity index (χ4n) is 4.65. The summed E-state index contributed by atoms with van der Waals surface area (Å²) < 4.78 is 35.2. The van der Waals surface area contributed by atoms with E-state index in [4.69, 9.17) is 4.74 Å². The van der Waals surface area contributed by atoms with E-state index in [9.17, 15) is 13.2 Å². The number of likely N-dealkylation sites (N-methyl/N-ethyl adjacent to an activating group) is 1. The lowest BCUT2D eigenvalue weighted by Gasteiger charge is -2.38. The van der Waals surface area contributed by atoms with Crippen molar-refractivity contribution in [2.45, 2.75) is 52.0 Å². The van der Waals surface area contributed by atoms with Crippen molar-refractivity contribution in [1.82, 2.24) is 18.4 Å². The number of nitrogens with zero attached hydrogens (tertiary/aromatic N) is 4. The lowest BCUT2D eigenvalue weighted by atomic mass is 9.96. The van der Waals surface area contributed by atoms with Crippen molar-refractivity contribution in [1.29, 1.82) is 0 Å². The van der Waals surface area contributed by atoms with Crippen LogP contribution in [0, 0.1) is 0 Å². The molecule has 0 unspecified atom stereocenters. The number of anilines is 1. The van der Waals surface area contributed by atoms with Crippen LogP contribution in [-0.4, -0.2) is 98.4 Å². The maximum atomic E-state index is 13.1. The van der Waals surface area contributed by atoms with E-state index >= 15 is 0 Å². The zero-order valence-corrected chi connectivity index (χ0v) is 21.7. The Bertz CT molecular complexity index is 879. The van der Waals surface area contributed by atoms with E-state index in [0.29, 0.717) is 44.2 Å². The van der Waals surface area contributed by atoms with Crippen molar-refractivity contribution >= 4 is 21.9 Å². The first-order chi connectivity index (χ1) is 16.4. The average molecular weight is 496 g/mol. The smallest absolute Gasteiger partial charge is 0.322 e. The third-order valence-corrected chi connectivity index (χ3v) is 9.04. The van der Waals surface area contributed by atoms with Crippen molar-refractivity contribution in [3.05, 3.63) is 24.3 Å². The third-order valence-electron chi connectivity index (χ3n) is 6.99. The van der Waals surface area contributed by atoms with Crippen LogP contribution in [0.25, 0.3) is 0 Å². The molecule has 1 N–H and O–H groups in total. The minimum absolute atomic E-state index is 0.0818. The van der Waals surface area contributed by atoms with Crippen molar-refractivity contribution in [2.24, 2.45) is 0 Å². The predicted molar refractivity (Wildman–Crippen MR) is 135 cm³/mol. The van der Waals surface area contributed by atoms with E-state index in [-0.39, 0.29) is 12.1 Å². The summed E-state index contributed by atoms with van der Waals surface area (Å²) in [5.74, 6) is 0.637. The highest BCUT2D eigenvalue weighted by atomic mass is 32.2. The number of amides is 2. The van der Waals surface area contributed by atoms with Crippen LogP contribution < -0.4 is 10.1 Å². The Hall–Kier alpha value is -1.88. The van der Waals surface area contributed by atoms with Gasteiger partial charge in [-0.1, -0.05) is 45.2 Å². The number of nitrogens with one attached hydrogen (secondary N) is 1. The van der Waals surface area contributed by atoms with Gasteiger partial charge in [-0.2, -0.15) is 17.0 Å². The second-order valence-electron chi connectivity index (χ2n) is 9.00. The van der Waals surface area contributed by atoms with Gasteiger partial charge in [0, 0.05) is 45.8 Å². The van der Waals surface area contributed by atoms with Crippen LogP contribution in [0.5, 0.6) is 5.75 Å². The highest BCUT2D eigenvalue weighted by molar-refractivity contribution is 7.86. The molecule has 2 fully saturated rings. The Labute approximate surface area is 205 Å². The van der Waals surface area contributed by atoms with Gasteiger partial charge in [-0.25, -0.2) is 4.79 Å². The standard InChI is InChI=1S/C24H41N5O4S/c1-4-27(5-2)19-20-33-23-14-10-9-13-22(23)25-24(30)28-15-17-29(18-16-28)34(31,32)26(3)21-11-7-6-8-12-21/h9-10,13-14,21H,4-8,11-12,15-20H2,1-3H3,(H,25,30). The molecule has 1 aromatic carbocycles. The first kappa shape index (κ1) is 26.7. The molecule has 0 bridgehead atoms. The van der Waals surface area contributed by atoms with E-state index in [0.717, 1.165) is 45.3 Å². The molecule has 2 amide bonds. The van der Waals surface area contributed by atoms with Crippen molar-refractivity contribution in [3.8, 4) is 5.75 Å². The van der Waals surface area contributed by atoms with Crippen molar-refractivity contribution in [2.75, 3.05) is 64.8 Å². The Morgan fingerprint density at radius 3 is 2.35 bits per heavy atom. The van der Waals surface area contributed by atoms with E-state index in [2.05, 4.69) is 24.1 Å². The van der Waals surface area contributed by atoms with Crippen LogP contribution in [0.4, 0.5) is 10.5 Å². The molecule has 0 aromatic heterocycles. The zero-order valence-electron chi connectivity index (χ0n) is 20.9. The molecule has 34 heavy (non-hydrogen) atoms. The van der Waals surface area contributed by atoms with Gasteiger partial charge in [-0.15, -0.1) is 0 Å². The number of carbonyl (C=O) groups excluding carboxylic acids is 1. The molecular formula is C24H41N5O4S. The monoisotopic (exact) mass is 495 g/mol. The number of urea groups is 1. The van der Waals surface area contributed by atoms with E-state index in [1.807, 2.05) is 24.3 Å². The normalized spacial score (nSPS) is 18.4. The quantitative estimate of drug-likeness (QED) is 0.539. The summed E-state index contributed by atoms with van der Waals surface area (Å²) in [7, 11) is -1.82. The van der Waals surface area contributed by atoms with Gasteiger partial charge in [0.15, 0.2) is 0 Å². The lowest BCUT2D eigenvalue weighted by molar-refractivity contribution is 0.177. The van der Waals surface area contributed by atoms with Crippen LogP contribution >= 0.6 is 0 Å². The maximum absolute atomic E-state index is 13.1. The van der Waals surface area contributed by atoms with Crippen LogP contribution in [0.2, 0.25) is 0 Å². The Balaban J connectivity index is 1.52. The van der Waals surface area contributed by atoms with Gasteiger partial charge in [0.2, 0.25) is 0 Å². The number of hydrogen-bond donors (Lipinski definition) is 1. The number of ether oxygens (including phenoxy) is 1. The number of hydrogen-bond acceptors (Lipinski definition) is 5. The summed E-state index contributed by atoms with van der Waals surface area (Å²) >= 11 is 0. The molecule has 192 valence electrons. The minimum Gasteiger partial charge on any atom is -0.490 e. The maximum Gasteiger partial charge on any atom is 0.322 e. The Kier molecular flexibility index (Phi) is 9.99. The van der Waals surface area contributed by atoms with Gasteiger partial charge in [0.1, 0.15) is 12.4 Å². The summed E-state index contributed by atoms with van der Waals surface area (Å²) in [6.45, 7) is 8.85. The van der Waals surface area contributed by atoms with Gasteiger partial charge >= 0.3 is 6.03 Å². The summed E-state index contributed by atoms with van der Waals surface area (Å²) in [5.41, 5.74) is 0.624. The van der Waals surface area contributed by atoms with E-state index < -0.39 is 10.2 Å². The van der Waals surface area contributed by atoms with Crippen molar-refractivity contribution < 1.29 is 17.9 Å². The van der Waals surface area contributed by atoms with Gasteiger partial charge < -0.3 is 19.9 Å². The zero-order chi connectivity index (χ0) is 24.6. The molecule has 1 heterocycles. The van der Waals surface area contributed by atoms with Gasteiger partial charge in [-0.3, -0.25) is 0 Å². The topological polar surface area (TPSA) is 85.4 Å². The summed E-state index contributed by atoms with van der Waals surface area (Å²) in [6.07, 6.45) is 5.20. The molecule has 1 aromatic rings. The second kappa shape index (κ2) is 12.7. The SMILES string of the molecule is CCN(CC)CCOc1ccccc1NC(=O)N1CCN(S(=O)(=O)N(C)C2CCCCC2)CC1. The van der Waals surface area contributed by atoms with Crippen LogP contribution in [0.1, 0.15) is 46.0 Å². The lowest BCUT2D eigenvalue weighted by Crippen LogP contribution is -2.55. The predicted octanol–water partition coefficient (Wildman–Crippen LogP) is 3.07. The van der Waals surface area contributed by atoms with Gasteiger partial charge in [0.25, 0.3) is 10.2 Å². The molecule has 9 nitrogen and oxygen atoms in total. The second-order valence-corrected chi connectivity index (χ2v) is 11.0. The molecular weight excluding hydrogens is 454 g/mol. The molecule has 1 aliphatic heterocycles. The van der Waals surface area contributed by atoms with Crippen LogP contribution in [0.15, 0.2) is 24.3 Å². The van der Waals surface area contributed by atoms with E-state index in [1.165, 1.54) is 10.7 Å². The molecule has 0 atom stereocenters. The molecule has 1 saturated heterocycles. The fraction of sp³-hybridized carbons (Fsp3) is 0.708. The van der Waals surface area contributed by atoms with Gasteiger partial charge in [0.05, 0.1) is 5.69 Å². The van der Waals surface area contributed by atoms with Crippen molar-refractivity contribution in [3.63, 3.8) is 0 Å². The Morgan fingerprint density at radius 1 is 1.06 bits per heavy atom. The molecule has 3 rings (SSSR count). The summed E-state index contributed by atoms with van der Waals surface area (Å²) in [6, 6.07) is 7.26. The summed E-state index contributed by atoms with van der Waals surface area (Å²) in [4.78, 5) is 16.8. The fourth-order valence-corrected chi connectivity index (χ4v) is 6.23. The third kappa shape index (κ3) is 6.84. The highest BCUT2D eigenvalue weighted by Crippen LogP contribution is 2.26.